The Balaban J connectivity index is 1.75. The zero-order valence-corrected chi connectivity index (χ0v) is 17.2. The first-order valence-corrected chi connectivity index (χ1v) is 10.0. The van der Waals surface area contributed by atoms with Crippen LogP contribution in [0.25, 0.3) is 5.69 Å². The van der Waals surface area contributed by atoms with Gasteiger partial charge in [-0.1, -0.05) is 6.07 Å². The molecule has 0 unspecified atom stereocenters. The summed E-state index contributed by atoms with van der Waals surface area (Å²) in [6, 6.07) is 16.5. The third-order valence-electron chi connectivity index (χ3n) is 5.19. The Kier molecular flexibility index (Phi) is 5.67. The molecule has 3 aromatic rings. The summed E-state index contributed by atoms with van der Waals surface area (Å²) in [6.45, 7) is 0.424. The highest BCUT2D eigenvalue weighted by Gasteiger charge is 2.41. The van der Waals surface area contributed by atoms with Gasteiger partial charge in [-0.25, -0.2) is 0 Å². The van der Waals surface area contributed by atoms with Crippen LogP contribution in [0, 0.1) is 0 Å². The standard InChI is InChI=1S/C22H22N4O3S/c1-29-19(28)11-14-26-21(20(24-22(26)30)17-5-2-3-12-23-17)18-6-4-13-25(18)15-7-9-16(27)10-8-15/h2-10,12-13,20-21,27H,11,14H2,1H3,(H,24,30)/t20-,21-/m0/s1. The molecule has 0 amide bonds. The van der Waals surface area contributed by atoms with Crippen molar-refractivity contribution in [2.75, 3.05) is 13.7 Å². The molecule has 2 aromatic heterocycles. The maximum Gasteiger partial charge on any atom is 0.307 e. The Morgan fingerprint density at radius 2 is 2.00 bits per heavy atom. The highest BCUT2D eigenvalue weighted by Crippen LogP contribution is 2.39. The van der Waals surface area contributed by atoms with Gasteiger partial charge in [0, 0.05) is 30.3 Å². The molecule has 0 aliphatic carbocycles. The lowest BCUT2D eigenvalue weighted by atomic mass is 10.0. The average Bonchev–Trinajstić information content (AvgIpc) is 3.37. The lowest BCUT2D eigenvalue weighted by Gasteiger charge is -2.28. The van der Waals surface area contributed by atoms with Crippen LogP contribution in [0.1, 0.15) is 29.9 Å². The maximum atomic E-state index is 11.8. The van der Waals surface area contributed by atoms with Crippen molar-refractivity contribution in [3.05, 3.63) is 78.4 Å². The number of nitrogens with one attached hydrogen (secondary N) is 1. The molecule has 1 aliphatic heterocycles. The predicted octanol–water partition coefficient (Wildman–Crippen LogP) is 3.11. The van der Waals surface area contributed by atoms with Gasteiger partial charge in [-0.2, -0.15) is 0 Å². The van der Waals surface area contributed by atoms with Crippen LogP contribution in [0.4, 0.5) is 0 Å². The number of thiocarbonyl (C=S) groups is 1. The van der Waals surface area contributed by atoms with Gasteiger partial charge >= 0.3 is 5.97 Å². The lowest BCUT2D eigenvalue weighted by Crippen LogP contribution is -2.32. The summed E-state index contributed by atoms with van der Waals surface area (Å²) in [7, 11) is 1.38. The summed E-state index contributed by atoms with van der Waals surface area (Å²) in [6.07, 6.45) is 3.95. The molecular weight excluding hydrogens is 400 g/mol. The molecule has 1 fully saturated rings. The third kappa shape index (κ3) is 3.86. The van der Waals surface area contributed by atoms with Gasteiger partial charge in [0.1, 0.15) is 5.75 Å². The number of phenolic OH excluding ortho intramolecular Hbond substituents is 1. The number of hydrogen-bond donors (Lipinski definition) is 2. The van der Waals surface area contributed by atoms with E-state index in [1.807, 2.05) is 53.6 Å². The normalized spacial score (nSPS) is 18.3. The summed E-state index contributed by atoms with van der Waals surface area (Å²) in [5.74, 6) is -0.0750. The number of nitrogens with zero attached hydrogens (tertiary/aromatic N) is 3. The fraction of sp³-hybridized carbons (Fsp3) is 0.227. The summed E-state index contributed by atoms with van der Waals surface area (Å²) in [5.41, 5.74) is 2.77. The summed E-state index contributed by atoms with van der Waals surface area (Å²) < 4.78 is 6.87. The number of aromatic nitrogens is 2. The largest absolute Gasteiger partial charge is 0.508 e. The van der Waals surface area contributed by atoms with Gasteiger partial charge < -0.3 is 24.6 Å². The third-order valence-corrected chi connectivity index (χ3v) is 5.55. The fourth-order valence-electron chi connectivity index (χ4n) is 3.77. The molecule has 8 heteroatoms. The minimum absolute atomic E-state index is 0.179. The van der Waals surface area contributed by atoms with Gasteiger partial charge in [0.15, 0.2) is 5.11 Å². The van der Waals surface area contributed by atoms with Crippen molar-refractivity contribution in [1.29, 1.82) is 0 Å². The molecule has 2 atom stereocenters. The molecule has 0 saturated carbocycles. The molecule has 1 aromatic carbocycles. The molecule has 0 radical (unpaired) electrons. The second kappa shape index (κ2) is 8.54. The molecule has 2 N–H and O–H groups in total. The molecule has 154 valence electrons. The minimum Gasteiger partial charge on any atom is -0.508 e. The summed E-state index contributed by atoms with van der Waals surface area (Å²) in [4.78, 5) is 18.3. The number of phenols is 1. The first kappa shape index (κ1) is 19.9. The van der Waals surface area contributed by atoms with E-state index in [1.165, 1.54) is 7.11 Å². The summed E-state index contributed by atoms with van der Waals surface area (Å²) in [5, 5.41) is 13.6. The van der Waals surface area contributed by atoms with Gasteiger partial charge in [-0.05, 0) is 60.7 Å². The number of aromatic hydroxyl groups is 1. The van der Waals surface area contributed by atoms with Crippen molar-refractivity contribution in [2.45, 2.75) is 18.5 Å². The van der Waals surface area contributed by atoms with E-state index in [9.17, 15) is 9.90 Å². The number of esters is 1. The van der Waals surface area contributed by atoms with Crippen LogP contribution >= 0.6 is 12.2 Å². The molecule has 3 heterocycles. The van der Waals surface area contributed by atoms with Crippen LogP contribution in [0.3, 0.4) is 0 Å². The van der Waals surface area contributed by atoms with Crippen molar-refractivity contribution in [3.63, 3.8) is 0 Å². The highest BCUT2D eigenvalue weighted by atomic mass is 32.1. The van der Waals surface area contributed by atoms with E-state index in [0.29, 0.717) is 11.7 Å². The number of pyridine rings is 1. The number of rotatable bonds is 6. The van der Waals surface area contributed by atoms with Crippen molar-refractivity contribution >= 4 is 23.3 Å². The SMILES string of the molecule is COC(=O)CCN1C(=S)N[C@@H](c2ccccn2)[C@@H]1c1cccn1-c1ccc(O)cc1. The first-order chi connectivity index (χ1) is 14.6. The van der Waals surface area contributed by atoms with Crippen LogP contribution in [-0.2, 0) is 9.53 Å². The van der Waals surface area contributed by atoms with Crippen molar-refractivity contribution in [3.8, 4) is 11.4 Å². The second-order valence-corrected chi connectivity index (χ2v) is 7.35. The van der Waals surface area contributed by atoms with Crippen LogP contribution in [0.2, 0.25) is 0 Å². The molecule has 4 rings (SSSR count). The van der Waals surface area contributed by atoms with E-state index in [2.05, 4.69) is 14.9 Å². The van der Waals surface area contributed by atoms with Crippen LogP contribution in [0.5, 0.6) is 5.75 Å². The number of carbonyl (C=O) groups is 1. The monoisotopic (exact) mass is 422 g/mol. The minimum atomic E-state index is -0.285. The molecule has 0 spiro atoms. The quantitative estimate of drug-likeness (QED) is 0.467. The Morgan fingerprint density at radius 3 is 2.70 bits per heavy atom. The van der Waals surface area contributed by atoms with Crippen LogP contribution in [-0.4, -0.2) is 44.3 Å². The predicted molar refractivity (Wildman–Crippen MR) is 116 cm³/mol. The maximum absolute atomic E-state index is 11.8. The van der Waals surface area contributed by atoms with E-state index in [0.717, 1.165) is 17.1 Å². The first-order valence-electron chi connectivity index (χ1n) is 9.60. The smallest absolute Gasteiger partial charge is 0.307 e. The highest BCUT2D eigenvalue weighted by molar-refractivity contribution is 7.80. The number of benzene rings is 1. The van der Waals surface area contributed by atoms with E-state index >= 15 is 0 Å². The lowest BCUT2D eigenvalue weighted by molar-refractivity contribution is -0.140. The number of methoxy groups -OCH3 is 1. The molecule has 1 aliphatic rings. The van der Waals surface area contributed by atoms with Crippen LogP contribution < -0.4 is 5.32 Å². The van der Waals surface area contributed by atoms with Crippen LogP contribution in [0.15, 0.2) is 67.0 Å². The van der Waals surface area contributed by atoms with Gasteiger partial charge in [0.2, 0.25) is 0 Å². The zero-order valence-electron chi connectivity index (χ0n) is 16.4. The van der Waals surface area contributed by atoms with Gasteiger partial charge in [-0.15, -0.1) is 0 Å². The number of carbonyl (C=O) groups excluding carboxylic acids is 1. The zero-order chi connectivity index (χ0) is 21.1. The Labute approximate surface area is 179 Å². The van der Waals surface area contributed by atoms with E-state index in [4.69, 9.17) is 17.0 Å². The Bertz CT molecular complexity index is 1040. The van der Waals surface area contributed by atoms with Crippen molar-refractivity contribution in [2.24, 2.45) is 0 Å². The average molecular weight is 423 g/mol. The molecule has 1 saturated heterocycles. The Hall–Kier alpha value is -3.39. The second-order valence-electron chi connectivity index (χ2n) is 6.97. The number of hydrogen-bond acceptors (Lipinski definition) is 5. The van der Waals surface area contributed by atoms with Gasteiger partial charge in [0.05, 0.1) is 31.3 Å². The molecular formula is C22H22N4O3S. The molecule has 7 nitrogen and oxygen atoms in total. The van der Waals surface area contributed by atoms with E-state index < -0.39 is 0 Å². The number of ether oxygens (including phenoxy) is 1. The topological polar surface area (TPSA) is 79.6 Å². The Morgan fingerprint density at radius 1 is 1.20 bits per heavy atom. The fourth-order valence-corrected chi connectivity index (χ4v) is 4.10. The van der Waals surface area contributed by atoms with E-state index in [-0.39, 0.29) is 30.2 Å². The van der Waals surface area contributed by atoms with Crippen molar-refractivity contribution in [1.82, 2.24) is 19.8 Å². The molecule has 30 heavy (non-hydrogen) atoms. The molecule has 0 bridgehead atoms. The van der Waals surface area contributed by atoms with Crippen molar-refractivity contribution < 1.29 is 14.6 Å². The van der Waals surface area contributed by atoms with Gasteiger partial charge in [0.25, 0.3) is 0 Å². The van der Waals surface area contributed by atoms with Gasteiger partial charge in [-0.3, -0.25) is 9.78 Å². The van der Waals surface area contributed by atoms with E-state index in [1.54, 1.807) is 18.3 Å². The summed E-state index contributed by atoms with van der Waals surface area (Å²) >= 11 is 5.63.